The molecule has 1 unspecified atom stereocenters. The van der Waals surface area contributed by atoms with Gasteiger partial charge in [-0.1, -0.05) is 60.9 Å². The zero-order valence-electron chi connectivity index (χ0n) is 24.2. The molecule has 2 amide bonds. The fourth-order valence-electron chi connectivity index (χ4n) is 5.10. The van der Waals surface area contributed by atoms with E-state index in [0.29, 0.717) is 17.0 Å². The molecule has 3 aromatic carbocycles. The van der Waals surface area contributed by atoms with Gasteiger partial charge in [-0.2, -0.15) is 0 Å². The molecular weight excluding hydrogens is 538 g/mol. The van der Waals surface area contributed by atoms with Crippen LogP contribution in [0.4, 0.5) is 5.69 Å². The molecule has 0 aliphatic heterocycles. The maximum atomic E-state index is 14.1. The highest BCUT2D eigenvalue weighted by molar-refractivity contribution is 7.92. The van der Waals surface area contributed by atoms with Gasteiger partial charge in [-0.15, -0.1) is 0 Å². The van der Waals surface area contributed by atoms with Crippen molar-refractivity contribution >= 4 is 27.5 Å². The first-order valence-electron chi connectivity index (χ1n) is 14.0. The van der Waals surface area contributed by atoms with Crippen LogP contribution in [0.5, 0.6) is 5.75 Å². The number of benzene rings is 3. The smallest absolute Gasteiger partial charge is 0.264 e. The molecule has 1 aliphatic carbocycles. The van der Waals surface area contributed by atoms with Gasteiger partial charge in [-0.25, -0.2) is 8.42 Å². The predicted octanol–water partition coefficient (Wildman–Crippen LogP) is 4.98. The third-order valence-corrected chi connectivity index (χ3v) is 9.43. The number of anilines is 1. The van der Waals surface area contributed by atoms with Crippen LogP contribution < -0.4 is 14.4 Å². The highest BCUT2D eigenvalue weighted by Gasteiger charge is 2.33. The quantitative estimate of drug-likeness (QED) is 0.347. The summed E-state index contributed by atoms with van der Waals surface area (Å²) in [5.74, 6) is -0.0509. The number of ether oxygens (including phenoxy) is 1. The average Bonchev–Trinajstić information content (AvgIpc) is 3.48. The van der Waals surface area contributed by atoms with E-state index in [1.807, 2.05) is 38.1 Å². The second kappa shape index (κ2) is 13.2. The van der Waals surface area contributed by atoms with E-state index in [2.05, 4.69) is 5.32 Å². The highest BCUT2D eigenvalue weighted by Crippen LogP contribution is 2.28. The summed E-state index contributed by atoms with van der Waals surface area (Å²) in [5.41, 5.74) is 2.84. The third kappa shape index (κ3) is 7.27. The van der Waals surface area contributed by atoms with Crippen molar-refractivity contribution in [3.8, 4) is 5.75 Å². The zero-order chi connectivity index (χ0) is 29.6. The first kappa shape index (κ1) is 30.1. The van der Waals surface area contributed by atoms with Crippen LogP contribution in [0, 0.1) is 13.8 Å². The van der Waals surface area contributed by atoms with Crippen LogP contribution in [0.3, 0.4) is 0 Å². The van der Waals surface area contributed by atoms with E-state index in [4.69, 9.17) is 4.74 Å². The van der Waals surface area contributed by atoms with E-state index in [0.717, 1.165) is 41.1 Å². The molecule has 1 atom stereocenters. The van der Waals surface area contributed by atoms with Gasteiger partial charge in [0.05, 0.1) is 17.7 Å². The van der Waals surface area contributed by atoms with Crippen LogP contribution >= 0.6 is 0 Å². The van der Waals surface area contributed by atoms with E-state index in [9.17, 15) is 18.0 Å². The van der Waals surface area contributed by atoms with Crippen molar-refractivity contribution < 1.29 is 22.7 Å². The number of hydrogen-bond acceptors (Lipinski definition) is 5. The van der Waals surface area contributed by atoms with Crippen LogP contribution in [0.25, 0.3) is 0 Å². The number of amides is 2. The molecule has 0 saturated heterocycles. The lowest BCUT2D eigenvalue weighted by molar-refractivity contribution is -0.139. The standard InChI is InChI=1S/C32H39N3O5S/c1-23-13-19-29(20-14-23)41(38,39)35(30-12-8-5-9-24(30)2)22-31(36)34(21-26-15-17-28(40-4)18-16-26)25(3)32(37)33-27-10-6-7-11-27/h5,8-9,12-20,25,27H,6-7,10-11,21-22H2,1-4H3,(H,33,37). The third-order valence-electron chi connectivity index (χ3n) is 7.65. The van der Waals surface area contributed by atoms with Gasteiger partial charge in [-0.05, 0) is 75.1 Å². The SMILES string of the molecule is COc1ccc(CN(C(=O)CN(c2ccccc2C)S(=O)(=O)c2ccc(C)cc2)C(C)C(=O)NC2CCCC2)cc1. The average molecular weight is 578 g/mol. The number of carbonyl (C=O) groups excluding carboxylic acids is 2. The molecule has 1 N–H and O–H groups in total. The maximum Gasteiger partial charge on any atom is 0.264 e. The Hall–Kier alpha value is -3.85. The molecule has 9 heteroatoms. The van der Waals surface area contributed by atoms with Crippen LogP contribution in [-0.2, 0) is 26.2 Å². The Kier molecular flexibility index (Phi) is 9.70. The summed E-state index contributed by atoms with van der Waals surface area (Å²) in [6.07, 6.45) is 3.97. The fraction of sp³-hybridized carbons (Fsp3) is 0.375. The first-order valence-corrected chi connectivity index (χ1v) is 15.4. The van der Waals surface area contributed by atoms with Crippen molar-refractivity contribution in [3.63, 3.8) is 0 Å². The topological polar surface area (TPSA) is 96.0 Å². The number of methoxy groups -OCH3 is 1. The number of nitrogens with zero attached hydrogens (tertiary/aromatic N) is 2. The van der Waals surface area contributed by atoms with Crippen molar-refractivity contribution in [3.05, 3.63) is 89.5 Å². The van der Waals surface area contributed by atoms with Crippen molar-refractivity contribution in [2.75, 3.05) is 18.0 Å². The van der Waals surface area contributed by atoms with Gasteiger partial charge in [-0.3, -0.25) is 13.9 Å². The van der Waals surface area contributed by atoms with Crippen LogP contribution in [-0.4, -0.2) is 50.9 Å². The van der Waals surface area contributed by atoms with E-state index in [1.54, 1.807) is 62.6 Å². The molecule has 1 saturated carbocycles. The Balaban J connectivity index is 1.69. The number of sulfonamides is 1. The minimum atomic E-state index is -4.10. The molecular formula is C32H39N3O5S. The van der Waals surface area contributed by atoms with E-state index in [1.165, 1.54) is 4.90 Å². The van der Waals surface area contributed by atoms with Gasteiger partial charge in [0.15, 0.2) is 0 Å². The first-order chi connectivity index (χ1) is 19.6. The number of rotatable bonds is 11. The zero-order valence-corrected chi connectivity index (χ0v) is 25.0. The molecule has 0 radical (unpaired) electrons. The van der Waals surface area contributed by atoms with Gasteiger partial charge >= 0.3 is 0 Å². The van der Waals surface area contributed by atoms with Gasteiger partial charge in [0.2, 0.25) is 11.8 Å². The molecule has 0 aromatic heterocycles. The van der Waals surface area contributed by atoms with Crippen molar-refractivity contribution in [2.24, 2.45) is 0 Å². The highest BCUT2D eigenvalue weighted by atomic mass is 32.2. The normalized spacial score (nSPS) is 14.3. The number of nitrogens with one attached hydrogen (secondary N) is 1. The van der Waals surface area contributed by atoms with Crippen LogP contribution in [0.15, 0.2) is 77.7 Å². The van der Waals surface area contributed by atoms with E-state index in [-0.39, 0.29) is 23.4 Å². The number of carbonyl (C=O) groups is 2. The molecule has 41 heavy (non-hydrogen) atoms. The molecule has 0 heterocycles. The van der Waals surface area contributed by atoms with Crippen molar-refractivity contribution in [2.45, 2.75) is 70.0 Å². The van der Waals surface area contributed by atoms with E-state index >= 15 is 0 Å². The number of aryl methyl sites for hydroxylation is 2. The second-order valence-corrected chi connectivity index (χ2v) is 12.5. The largest absolute Gasteiger partial charge is 0.497 e. The molecule has 8 nitrogen and oxygen atoms in total. The maximum absolute atomic E-state index is 14.1. The van der Waals surface area contributed by atoms with Gasteiger partial charge < -0.3 is 15.0 Å². The fourth-order valence-corrected chi connectivity index (χ4v) is 6.57. The molecule has 1 fully saturated rings. The minimum absolute atomic E-state index is 0.0906. The monoisotopic (exact) mass is 577 g/mol. The van der Waals surface area contributed by atoms with Crippen LogP contribution in [0.2, 0.25) is 0 Å². The molecule has 1 aliphatic rings. The molecule has 3 aromatic rings. The Morgan fingerprint density at radius 1 is 0.951 bits per heavy atom. The molecule has 0 spiro atoms. The lowest BCUT2D eigenvalue weighted by atomic mass is 10.1. The Morgan fingerprint density at radius 2 is 1.59 bits per heavy atom. The second-order valence-electron chi connectivity index (χ2n) is 10.6. The Labute approximate surface area is 243 Å². The summed E-state index contributed by atoms with van der Waals surface area (Å²) >= 11 is 0. The lowest BCUT2D eigenvalue weighted by Gasteiger charge is -2.33. The van der Waals surface area contributed by atoms with Gasteiger partial charge in [0.25, 0.3) is 10.0 Å². The Morgan fingerprint density at radius 3 is 2.20 bits per heavy atom. The number of hydrogen-bond donors (Lipinski definition) is 1. The predicted molar refractivity (Wildman–Crippen MR) is 160 cm³/mol. The van der Waals surface area contributed by atoms with E-state index < -0.39 is 28.5 Å². The minimum Gasteiger partial charge on any atom is -0.497 e. The molecule has 0 bridgehead atoms. The van der Waals surface area contributed by atoms with Gasteiger partial charge in [0.1, 0.15) is 18.3 Å². The summed E-state index contributed by atoms with van der Waals surface area (Å²) in [6.45, 7) is 5.06. The summed E-state index contributed by atoms with van der Waals surface area (Å²) in [5, 5.41) is 3.09. The van der Waals surface area contributed by atoms with Crippen LogP contribution in [0.1, 0.15) is 49.3 Å². The summed E-state index contributed by atoms with van der Waals surface area (Å²) in [6, 6.07) is 20.2. The summed E-state index contributed by atoms with van der Waals surface area (Å²) in [4.78, 5) is 29.0. The molecule has 218 valence electrons. The van der Waals surface area contributed by atoms with Crippen molar-refractivity contribution in [1.82, 2.24) is 10.2 Å². The van der Waals surface area contributed by atoms with Gasteiger partial charge in [0, 0.05) is 12.6 Å². The number of para-hydroxylation sites is 1. The summed E-state index contributed by atoms with van der Waals surface area (Å²) < 4.78 is 34.4. The van der Waals surface area contributed by atoms with Crippen molar-refractivity contribution in [1.29, 1.82) is 0 Å². The summed E-state index contributed by atoms with van der Waals surface area (Å²) in [7, 11) is -2.52. The lowest BCUT2D eigenvalue weighted by Crippen LogP contribution is -2.52. The Bertz CT molecular complexity index is 1450. The molecule has 4 rings (SSSR count).